The predicted octanol–water partition coefficient (Wildman–Crippen LogP) is 1.36. The van der Waals surface area contributed by atoms with Crippen LogP contribution in [-0.4, -0.2) is 19.6 Å². The zero-order valence-corrected chi connectivity index (χ0v) is 7.90. The fourth-order valence-corrected chi connectivity index (χ4v) is 0.987. The number of hydrogen-bond acceptors (Lipinski definition) is 2. The highest BCUT2D eigenvalue weighted by Gasteiger charge is 1.92. The topological polar surface area (TPSA) is 38.0 Å². The highest BCUT2D eigenvalue weighted by Crippen LogP contribution is 2.01. The Bertz CT molecular complexity index is 72.0. The van der Waals surface area contributed by atoms with Crippen molar-refractivity contribution >= 4 is 0 Å². The monoisotopic (exact) mass is 158 g/mol. The first-order valence-electron chi connectivity index (χ1n) is 4.68. The van der Waals surface area contributed by atoms with Crippen molar-refractivity contribution in [3.8, 4) is 0 Å². The largest absolute Gasteiger partial charge is 0.330 e. The van der Waals surface area contributed by atoms with Crippen molar-refractivity contribution < 1.29 is 0 Å². The quantitative estimate of drug-likeness (QED) is 0.549. The van der Waals surface area contributed by atoms with Crippen LogP contribution in [0.3, 0.4) is 0 Å². The lowest BCUT2D eigenvalue weighted by Crippen LogP contribution is -2.19. The van der Waals surface area contributed by atoms with Gasteiger partial charge in [0, 0.05) is 0 Å². The molecule has 0 atom stereocenters. The molecule has 0 aliphatic heterocycles. The van der Waals surface area contributed by atoms with Crippen molar-refractivity contribution in [1.29, 1.82) is 0 Å². The van der Waals surface area contributed by atoms with Crippen molar-refractivity contribution in [2.75, 3.05) is 19.6 Å². The summed E-state index contributed by atoms with van der Waals surface area (Å²) in [5.41, 5.74) is 5.35. The van der Waals surface area contributed by atoms with E-state index in [0.29, 0.717) is 0 Å². The van der Waals surface area contributed by atoms with Crippen LogP contribution >= 0.6 is 0 Å². The van der Waals surface area contributed by atoms with Gasteiger partial charge in [0.25, 0.3) is 0 Å². The van der Waals surface area contributed by atoms with Crippen molar-refractivity contribution in [2.45, 2.75) is 33.1 Å². The summed E-state index contributed by atoms with van der Waals surface area (Å²) in [5.74, 6) is 0.839. The van der Waals surface area contributed by atoms with Gasteiger partial charge in [-0.1, -0.05) is 13.8 Å². The minimum absolute atomic E-state index is 0.803. The van der Waals surface area contributed by atoms with Gasteiger partial charge in [0.05, 0.1) is 0 Å². The molecule has 2 heteroatoms. The van der Waals surface area contributed by atoms with Gasteiger partial charge in [-0.05, 0) is 44.8 Å². The summed E-state index contributed by atoms with van der Waals surface area (Å²) >= 11 is 0. The summed E-state index contributed by atoms with van der Waals surface area (Å²) in [7, 11) is 0. The summed E-state index contributed by atoms with van der Waals surface area (Å²) in [6.45, 7) is 7.56. The fraction of sp³-hybridized carbons (Fsp3) is 1.00. The molecule has 0 saturated heterocycles. The molecule has 0 amide bonds. The van der Waals surface area contributed by atoms with Crippen LogP contribution in [0.2, 0.25) is 0 Å². The van der Waals surface area contributed by atoms with Crippen molar-refractivity contribution in [2.24, 2.45) is 11.7 Å². The summed E-state index contributed by atoms with van der Waals surface area (Å²) in [6.07, 6.45) is 3.72. The number of rotatable bonds is 7. The molecule has 0 heterocycles. The summed E-state index contributed by atoms with van der Waals surface area (Å²) in [4.78, 5) is 0. The van der Waals surface area contributed by atoms with Crippen LogP contribution in [-0.2, 0) is 0 Å². The Morgan fingerprint density at radius 1 is 1.18 bits per heavy atom. The fourth-order valence-electron chi connectivity index (χ4n) is 0.987. The highest BCUT2D eigenvalue weighted by molar-refractivity contribution is 4.51. The number of nitrogens with one attached hydrogen (secondary N) is 1. The predicted molar refractivity (Wildman–Crippen MR) is 50.6 cm³/mol. The number of hydrogen-bond donors (Lipinski definition) is 2. The van der Waals surface area contributed by atoms with Gasteiger partial charge in [0.1, 0.15) is 0 Å². The third kappa shape index (κ3) is 9.92. The van der Waals surface area contributed by atoms with Crippen molar-refractivity contribution in [3.05, 3.63) is 0 Å². The third-order valence-corrected chi connectivity index (χ3v) is 1.69. The minimum Gasteiger partial charge on any atom is -0.330 e. The second-order valence-corrected chi connectivity index (χ2v) is 3.43. The molecule has 0 aromatic heterocycles. The Kier molecular flexibility index (Phi) is 7.96. The van der Waals surface area contributed by atoms with Crippen LogP contribution in [0.5, 0.6) is 0 Å². The SMILES string of the molecule is CC(C)CCCNCCCN. The van der Waals surface area contributed by atoms with E-state index in [9.17, 15) is 0 Å². The Labute approximate surface area is 70.5 Å². The lowest BCUT2D eigenvalue weighted by atomic mass is 10.1. The van der Waals surface area contributed by atoms with Gasteiger partial charge in [0.15, 0.2) is 0 Å². The molecule has 0 radical (unpaired) electrons. The average molecular weight is 158 g/mol. The Morgan fingerprint density at radius 2 is 1.82 bits per heavy atom. The van der Waals surface area contributed by atoms with E-state index in [1.807, 2.05) is 0 Å². The molecule has 0 fully saturated rings. The molecule has 0 unspecified atom stereocenters. The molecule has 3 N–H and O–H groups in total. The van der Waals surface area contributed by atoms with E-state index < -0.39 is 0 Å². The maximum absolute atomic E-state index is 5.35. The molecule has 0 spiro atoms. The molecule has 68 valence electrons. The van der Waals surface area contributed by atoms with E-state index in [0.717, 1.165) is 32.0 Å². The van der Waals surface area contributed by atoms with Crippen molar-refractivity contribution in [1.82, 2.24) is 5.32 Å². The van der Waals surface area contributed by atoms with Crippen LogP contribution in [0, 0.1) is 5.92 Å². The summed E-state index contributed by atoms with van der Waals surface area (Å²) in [5, 5.41) is 3.36. The Morgan fingerprint density at radius 3 is 2.36 bits per heavy atom. The molecule has 0 saturated carbocycles. The van der Waals surface area contributed by atoms with Crippen LogP contribution in [0.1, 0.15) is 33.1 Å². The molecular weight excluding hydrogens is 136 g/mol. The Hall–Kier alpha value is -0.0800. The second-order valence-electron chi connectivity index (χ2n) is 3.43. The van der Waals surface area contributed by atoms with Crippen LogP contribution < -0.4 is 11.1 Å². The lowest BCUT2D eigenvalue weighted by molar-refractivity contribution is 0.525. The van der Waals surface area contributed by atoms with E-state index in [2.05, 4.69) is 19.2 Å². The summed E-state index contributed by atoms with van der Waals surface area (Å²) < 4.78 is 0. The van der Waals surface area contributed by atoms with E-state index in [4.69, 9.17) is 5.73 Å². The second kappa shape index (κ2) is 8.02. The molecule has 0 aliphatic rings. The van der Waals surface area contributed by atoms with Gasteiger partial charge in [-0.15, -0.1) is 0 Å². The lowest BCUT2D eigenvalue weighted by Gasteiger charge is -2.05. The molecule has 11 heavy (non-hydrogen) atoms. The average Bonchev–Trinajstić information content (AvgIpc) is 1.96. The molecule has 0 bridgehead atoms. The van der Waals surface area contributed by atoms with Crippen LogP contribution in [0.4, 0.5) is 0 Å². The molecule has 0 aromatic carbocycles. The van der Waals surface area contributed by atoms with Gasteiger partial charge in [-0.25, -0.2) is 0 Å². The first-order valence-corrected chi connectivity index (χ1v) is 4.68. The van der Waals surface area contributed by atoms with E-state index >= 15 is 0 Å². The van der Waals surface area contributed by atoms with Gasteiger partial charge in [0.2, 0.25) is 0 Å². The van der Waals surface area contributed by atoms with Gasteiger partial charge >= 0.3 is 0 Å². The zero-order chi connectivity index (χ0) is 8.53. The van der Waals surface area contributed by atoms with Crippen molar-refractivity contribution in [3.63, 3.8) is 0 Å². The zero-order valence-electron chi connectivity index (χ0n) is 7.90. The normalized spacial score (nSPS) is 10.9. The van der Waals surface area contributed by atoms with Crippen LogP contribution in [0.15, 0.2) is 0 Å². The minimum atomic E-state index is 0.803. The molecule has 2 nitrogen and oxygen atoms in total. The van der Waals surface area contributed by atoms with Crippen LogP contribution in [0.25, 0.3) is 0 Å². The maximum Gasteiger partial charge on any atom is -0.00369 e. The Balaban J connectivity index is 2.80. The van der Waals surface area contributed by atoms with Gasteiger partial charge in [-0.3, -0.25) is 0 Å². The van der Waals surface area contributed by atoms with Gasteiger partial charge in [-0.2, -0.15) is 0 Å². The smallest absolute Gasteiger partial charge is 0.00369 e. The third-order valence-electron chi connectivity index (χ3n) is 1.69. The number of nitrogens with two attached hydrogens (primary N) is 1. The standard InChI is InChI=1S/C9H22N2/c1-9(2)5-3-7-11-8-4-6-10/h9,11H,3-8,10H2,1-2H3. The molecular formula is C9H22N2. The molecule has 0 rings (SSSR count). The summed E-state index contributed by atoms with van der Waals surface area (Å²) in [6, 6.07) is 0. The highest BCUT2D eigenvalue weighted by atomic mass is 14.8. The first kappa shape index (κ1) is 10.9. The molecule has 0 aliphatic carbocycles. The first-order chi connectivity index (χ1) is 5.27. The van der Waals surface area contributed by atoms with E-state index in [-0.39, 0.29) is 0 Å². The van der Waals surface area contributed by atoms with Gasteiger partial charge < -0.3 is 11.1 Å². The molecule has 0 aromatic rings. The van der Waals surface area contributed by atoms with E-state index in [1.54, 1.807) is 0 Å². The van der Waals surface area contributed by atoms with E-state index in [1.165, 1.54) is 12.8 Å². The maximum atomic E-state index is 5.35.